The molecule has 10 nitrogen and oxygen atoms in total. The Hall–Kier alpha value is -4.62. The normalized spacial score (nSPS) is 22.2. The number of hydrogen-bond donors (Lipinski definition) is 2. The number of rotatable bonds is 8. The van der Waals surface area contributed by atoms with E-state index in [0.717, 1.165) is 79.1 Å². The fourth-order valence-electron chi connectivity index (χ4n) is 8.61. The Morgan fingerprint density at radius 2 is 1.75 bits per heavy atom. The first-order valence-electron chi connectivity index (χ1n) is 18.9. The average molecular weight is 779 g/mol. The Bertz CT molecular complexity index is 2120. The number of fused-ring (bicyclic) bond motifs is 1. The molecule has 2 aromatic heterocycles. The van der Waals surface area contributed by atoms with Gasteiger partial charge in [0.1, 0.15) is 11.8 Å². The minimum absolute atomic E-state index is 0.118. The van der Waals surface area contributed by atoms with Crippen LogP contribution in [0.4, 0.5) is 24.5 Å². The van der Waals surface area contributed by atoms with Crippen LogP contribution in [0.25, 0.3) is 16.3 Å². The van der Waals surface area contributed by atoms with Crippen LogP contribution in [0.5, 0.6) is 0 Å². The van der Waals surface area contributed by atoms with E-state index in [4.69, 9.17) is 16.3 Å². The molecule has 0 saturated carbocycles. The average Bonchev–Trinajstić information content (AvgIpc) is 3.50. The van der Waals surface area contributed by atoms with Crippen molar-refractivity contribution in [2.75, 3.05) is 50.1 Å². The quantitative estimate of drug-likeness (QED) is 0.236. The molecule has 2 atom stereocenters. The van der Waals surface area contributed by atoms with Crippen LogP contribution in [-0.2, 0) is 27.5 Å². The molecule has 2 amide bonds. The largest absolute Gasteiger partial charge is 0.501 e. The molecule has 292 valence electrons. The summed E-state index contributed by atoms with van der Waals surface area (Å²) < 4.78 is 50.4. The minimum atomic E-state index is -4.57. The summed E-state index contributed by atoms with van der Waals surface area (Å²) in [5.41, 5.74) is 2.29. The predicted molar refractivity (Wildman–Crippen MR) is 208 cm³/mol. The molecule has 4 aliphatic rings. The first-order chi connectivity index (χ1) is 26.4. The highest BCUT2D eigenvalue weighted by atomic mass is 35.5. The monoisotopic (exact) mass is 778 g/mol. The summed E-state index contributed by atoms with van der Waals surface area (Å²) in [6.45, 7) is 3.61. The Morgan fingerprint density at radius 1 is 0.982 bits per heavy atom. The van der Waals surface area contributed by atoms with Crippen LogP contribution in [-0.4, -0.2) is 72.1 Å². The molecule has 2 unspecified atom stereocenters. The predicted octanol–water partition coefficient (Wildman–Crippen LogP) is 7.00. The highest BCUT2D eigenvalue weighted by Gasteiger charge is 2.37. The molecule has 3 aromatic rings. The summed E-state index contributed by atoms with van der Waals surface area (Å²) in [5.74, 6) is 0.788. The van der Waals surface area contributed by atoms with Gasteiger partial charge < -0.3 is 19.5 Å². The molecule has 3 aliphatic heterocycles. The number of carbonyl (C=O) groups excluding carboxylic acids is 2. The van der Waals surface area contributed by atoms with Gasteiger partial charge in [0.25, 0.3) is 5.56 Å². The van der Waals surface area contributed by atoms with E-state index in [2.05, 4.69) is 20.5 Å². The number of nitrogens with one attached hydrogen (secondary N) is 2. The number of aryl methyl sites for hydroxylation is 1. The van der Waals surface area contributed by atoms with Crippen LogP contribution >= 0.6 is 11.6 Å². The Balaban J connectivity index is 0.991. The van der Waals surface area contributed by atoms with Gasteiger partial charge in [-0.15, -0.1) is 0 Å². The number of alkyl halides is 3. The standard InChI is InChI=1S/C41H46ClF3N6O4/c1-49-24-33(31-9-13-46-22-32(31)40(49)54)27-18-30(55-2)19-28(35(42)20-27)23-50-14-3-4-25(10-15-50)26-11-16-51(17-12-26)37-7-5-29(21-34(37)41(43,44)45)47-36-6-8-38(52)48-39(36)53/h5,7,9,13,18,20-22,24-26,36,47H,3-4,6,8,10-12,14-17,19,23H2,1-2H3,(H,48,52,53). The maximum Gasteiger partial charge on any atom is 0.418 e. The summed E-state index contributed by atoms with van der Waals surface area (Å²) >= 11 is 7.05. The molecule has 0 spiro atoms. The zero-order chi connectivity index (χ0) is 38.9. The third-order valence-corrected chi connectivity index (χ3v) is 12.0. The molecule has 3 fully saturated rings. The third kappa shape index (κ3) is 8.62. The molecule has 55 heavy (non-hydrogen) atoms. The molecule has 0 radical (unpaired) electrons. The molecule has 5 heterocycles. The first-order valence-corrected chi connectivity index (χ1v) is 19.3. The van der Waals surface area contributed by atoms with Gasteiger partial charge in [0.2, 0.25) is 11.8 Å². The van der Waals surface area contributed by atoms with E-state index in [1.54, 1.807) is 37.2 Å². The number of hydrogen-bond acceptors (Lipinski definition) is 8. The Labute approximate surface area is 323 Å². The van der Waals surface area contributed by atoms with E-state index in [1.165, 1.54) is 6.07 Å². The first kappa shape index (κ1) is 38.6. The number of aromatic nitrogens is 2. The van der Waals surface area contributed by atoms with E-state index in [1.807, 2.05) is 29.3 Å². The molecular weight excluding hydrogens is 733 g/mol. The van der Waals surface area contributed by atoms with E-state index in [9.17, 15) is 27.6 Å². The van der Waals surface area contributed by atoms with Gasteiger partial charge in [-0.3, -0.25) is 29.6 Å². The van der Waals surface area contributed by atoms with Crippen molar-refractivity contribution in [2.24, 2.45) is 18.9 Å². The number of allylic oxidation sites excluding steroid dienone is 5. The zero-order valence-electron chi connectivity index (χ0n) is 31.1. The number of amides is 2. The maximum absolute atomic E-state index is 14.4. The number of methoxy groups -OCH3 is 1. The van der Waals surface area contributed by atoms with Gasteiger partial charge in [-0.05, 0) is 116 Å². The highest BCUT2D eigenvalue weighted by Crippen LogP contribution is 2.41. The maximum atomic E-state index is 14.4. The number of benzene rings is 1. The van der Waals surface area contributed by atoms with Gasteiger partial charge in [0, 0.05) is 80.1 Å². The highest BCUT2D eigenvalue weighted by molar-refractivity contribution is 6.32. The molecule has 0 bridgehead atoms. The summed E-state index contributed by atoms with van der Waals surface area (Å²) in [5, 5.41) is 7.11. The molecule has 1 aromatic carbocycles. The topological polar surface area (TPSA) is 109 Å². The molecule has 3 saturated heterocycles. The van der Waals surface area contributed by atoms with Gasteiger partial charge in [-0.2, -0.15) is 13.2 Å². The molecule has 2 N–H and O–H groups in total. The van der Waals surface area contributed by atoms with Crippen molar-refractivity contribution in [1.82, 2.24) is 19.8 Å². The van der Waals surface area contributed by atoms with E-state index in [0.29, 0.717) is 48.3 Å². The fraction of sp³-hybridized carbons (Fsp3) is 0.463. The van der Waals surface area contributed by atoms with Crippen LogP contribution in [0, 0.1) is 11.8 Å². The SMILES string of the molecule is COC1=CC(c2cn(C)c(=O)c3cnccc23)=CC(Cl)=C(CN2CCCC(C3CCN(c4ccc(NC5CCC(=O)NC5=O)cc4C(F)(F)F)CC3)CC2)C1. The molecule has 14 heteroatoms. The Morgan fingerprint density at radius 3 is 2.49 bits per heavy atom. The zero-order valence-corrected chi connectivity index (χ0v) is 31.8. The molecule has 1 aliphatic carbocycles. The van der Waals surface area contributed by atoms with Crippen molar-refractivity contribution in [3.8, 4) is 0 Å². The number of piperidine rings is 2. The van der Waals surface area contributed by atoms with E-state index < -0.39 is 23.7 Å². The van der Waals surface area contributed by atoms with Gasteiger partial charge in [-0.1, -0.05) is 11.6 Å². The Kier molecular flexibility index (Phi) is 11.4. The van der Waals surface area contributed by atoms with E-state index in [-0.39, 0.29) is 35.7 Å². The fourth-order valence-corrected chi connectivity index (χ4v) is 8.86. The second kappa shape index (κ2) is 16.2. The number of imide groups is 1. The van der Waals surface area contributed by atoms with Crippen molar-refractivity contribution >= 4 is 51.1 Å². The number of nitrogens with zero attached hydrogens (tertiary/aromatic N) is 4. The minimum Gasteiger partial charge on any atom is -0.501 e. The van der Waals surface area contributed by atoms with Crippen molar-refractivity contribution in [3.05, 3.63) is 92.9 Å². The number of pyridine rings is 2. The smallest absolute Gasteiger partial charge is 0.418 e. The molecule has 7 rings (SSSR count). The number of anilines is 2. The van der Waals surface area contributed by atoms with Crippen LogP contribution in [0.15, 0.2) is 76.2 Å². The number of carbonyl (C=O) groups is 2. The lowest BCUT2D eigenvalue weighted by molar-refractivity contribution is -0.137. The lowest BCUT2D eigenvalue weighted by Gasteiger charge is -2.38. The lowest BCUT2D eigenvalue weighted by atomic mass is 9.80. The van der Waals surface area contributed by atoms with Gasteiger partial charge in [0.05, 0.1) is 18.1 Å². The number of likely N-dealkylation sites (tertiary alicyclic amines) is 1. The molecular formula is C41H46ClF3N6O4. The van der Waals surface area contributed by atoms with Gasteiger partial charge in [0.15, 0.2) is 0 Å². The van der Waals surface area contributed by atoms with Crippen molar-refractivity contribution in [2.45, 2.75) is 63.6 Å². The summed E-state index contributed by atoms with van der Waals surface area (Å²) in [7, 11) is 3.38. The van der Waals surface area contributed by atoms with Crippen LogP contribution in [0.2, 0.25) is 0 Å². The lowest BCUT2D eigenvalue weighted by Crippen LogP contribution is -2.47. The van der Waals surface area contributed by atoms with Crippen molar-refractivity contribution in [3.63, 3.8) is 0 Å². The summed E-state index contributed by atoms with van der Waals surface area (Å²) in [4.78, 5) is 45.0. The number of halogens is 4. The summed E-state index contributed by atoms with van der Waals surface area (Å²) in [6.07, 6.45) is 10.2. The summed E-state index contributed by atoms with van der Waals surface area (Å²) in [6, 6.07) is 5.24. The van der Waals surface area contributed by atoms with Gasteiger partial charge in [-0.25, -0.2) is 0 Å². The van der Waals surface area contributed by atoms with Crippen molar-refractivity contribution < 1.29 is 27.5 Å². The van der Waals surface area contributed by atoms with Crippen LogP contribution < -0.4 is 21.1 Å². The van der Waals surface area contributed by atoms with Crippen molar-refractivity contribution in [1.29, 1.82) is 0 Å². The number of ether oxygens (including phenoxy) is 1. The van der Waals surface area contributed by atoms with Crippen LogP contribution in [0.3, 0.4) is 0 Å². The second-order valence-corrected chi connectivity index (χ2v) is 15.5. The van der Waals surface area contributed by atoms with Gasteiger partial charge >= 0.3 is 6.18 Å². The third-order valence-electron chi connectivity index (χ3n) is 11.6. The second-order valence-electron chi connectivity index (χ2n) is 15.1. The van der Waals surface area contributed by atoms with E-state index >= 15 is 0 Å². The van der Waals surface area contributed by atoms with Crippen LogP contribution in [0.1, 0.15) is 62.5 Å².